The van der Waals surface area contributed by atoms with Gasteiger partial charge in [-0.2, -0.15) is 0 Å². The minimum Gasteiger partial charge on any atom is -0.480 e. The molecule has 0 aliphatic rings. The predicted octanol–water partition coefficient (Wildman–Crippen LogP) is 3.17. The van der Waals surface area contributed by atoms with Gasteiger partial charge in [0.15, 0.2) is 0 Å². The van der Waals surface area contributed by atoms with E-state index >= 15 is 0 Å². The van der Waals surface area contributed by atoms with Gasteiger partial charge in [0.2, 0.25) is 0 Å². The van der Waals surface area contributed by atoms with Crippen molar-refractivity contribution in [2.45, 2.75) is 26.3 Å². The summed E-state index contributed by atoms with van der Waals surface area (Å²) >= 11 is 0. The van der Waals surface area contributed by atoms with Crippen molar-refractivity contribution in [2.75, 3.05) is 5.32 Å². The largest absolute Gasteiger partial charge is 0.480 e. The highest BCUT2D eigenvalue weighted by molar-refractivity contribution is 6.09. The van der Waals surface area contributed by atoms with Crippen molar-refractivity contribution >= 4 is 23.5 Å². The van der Waals surface area contributed by atoms with Crippen LogP contribution in [0.3, 0.4) is 0 Å². The molecule has 0 aromatic heterocycles. The van der Waals surface area contributed by atoms with Gasteiger partial charge < -0.3 is 15.7 Å². The summed E-state index contributed by atoms with van der Waals surface area (Å²) < 4.78 is 0. The van der Waals surface area contributed by atoms with Gasteiger partial charge in [0.05, 0.1) is 11.3 Å². The SMILES string of the molecule is CC(C)C[C@H](NC(=O)c1ccccc1NC(=O)c1ccccc1)C(=O)O. The molecule has 2 aromatic rings. The van der Waals surface area contributed by atoms with E-state index in [2.05, 4.69) is 10.6 Å². The van der Waals surface area contributed by atoms with Gasteiger partial charge in [-0.25, -0.2) is 4.79 Å². The molecule has 2 amide bonds. The molecule has 0 fully saturated rings. The molecule has 0 saturated heterocycles. The number of anilines is 1. The molecule has 0 radical (unpaired) electrons. The average molecular weight is 354 g/mol. The fourth-order valence-electron chi connectivity index (χ4n) is 2.50. The maximum atomic E-state index is 12.6. The molecule has 2 rings (SSSR count). The number of aliphatic carboxylic acids is 1. The quantitative estimate of drug-likeness (QED) is 0.712. The van der Waals surface area contributed by atoms with Gasteiger partial charge in [-0.15, -0.1) is 0 Å². The molecule has 0 saturated carbocycles. The number of hydrogen-bond acceptors (Lipinski definition) is 3. The molecule has 2 aromatic carbocycles. The Bertz CT molecular complexity index is 787. The van der Waals surface area contributed by atoms with Crippen LogP contribution in [0.4, 0.5) is 5.69 Å². The highest BCUT2D eigenvalue weighted by atomic mass is 16.4. The number of carboxylic acids is 1. The molecule has 136 valence electrons. The number of rotatable bonds is 7. The van der Waals surface area contributed by atoms with Crippen molar-refractivity contribution in [3.63, 3.8) is 0 Å². The zero-order valence-electron chi connectivity index (χ0n) is 14.7. The third-order valence-electron chi connectivity index (χ3n) is 3.77. The smallest absolute Gasteiger partial charge is 0.326 e. The number of nitrogens with one attached hydrogen (secondary N) is 2. The van der Waals surface area contributed by atoms with Crippen molar-refractivity contribution in [3.8, 4) is 0 Å². The summed E-state index contributed by atoms with van der Waals surface area (Å²) in [5.41, 5.74) is 1.00. The molecule has 26 heavy (non-hydrogen) atoms. The van der Waals surface area contributed by atoms with Gasteiger partial charge in [-0.1, -0.05) is 44.2 Å². The Morgan fingerprint density at radius 1 is 0.923 bits per heavy atom. The molecular weight excluding hydrogens is 332 g/mol. The van der Waals surface area contributed by atoms with Crippen LogP contribution >= 0.6 is 0 Å². The summed E-state index contributed by atoms with van der Waals surface area (Å²) in [5.74, 6) is -1.85. The van der Waals surface area contributed by atoms with E-state index < -0.39 is 17.9 Å². The maximum Gasteiger partial charge on any atom is 0.326 e. The molecule has 6 heteroatoms. The van der Waals surface area contributed by atoms with E-state index in [1.807, 2.05) is 13.8 Å². The maximum absolute atomic E-state index is 12.6. The molecule has 0 aliphatic carbocycles. The van der Waals surface area contributed by atoms with Crippen LogP contribution in [0.2, 0.25) is 0 Å². The first-order valence-electron chi connectivity index (χ1n) is 8.37. The van der Waals surface area contributed by atoms with Crippen LogP contribution in [0, 0.1) is 5.92 Å². The summed E-state index contributed by atoms with van der Waals surface area (Å²) in [7, 11) is 0. The van der Waals surface area contributed by atoms with Crippen LogP contribution in [0.1, 0.15) is 41.0 Å². The fraction of sp³-hybridized carbons (Fsp3) is 0.250. The predicted molar refractivity (Wildman–Crippen MR) is 99.2 cm³/mol. The molecule has 6 nitrogen and oxygen atoms in total. The van der Waals surface area contributed by atoms with Gasteiger partial charge in [-0.3, -0.25) is 9.59 Å². The van der Waals surface area contributed by atoms with Crippen molar-refractivity contribution in [1.29, 1.82) is 0 Å². The Labute approximate surface area is 152 Å². The van der Waals surface area contributed by atoms with Crippen molar-refractivity contribution in [3.05, 3.63) is 65.7 Å². The number of carbonyl (C=O) groups excluding carboxylic acids is 2. The van der Waals surface area contributed by atoms with Crippen LogP contribution in [0.15, 0.2) is 54.6 Å². The molecule has 0 aliphatic heterocycles. The Morgan fingerprint density at radius 3 is 2.15 bits per heavy atom. The monoisotopic (exact) mass is 354 g/mol. The lowest BCUT2D eigenvalue weighted by Crippen LogP contribution is -2.41. The lowest BCUT2D eigenvalue weighted by molar-refractivity contribution is -0.139. The zero-order valence-corrected chi connectivity index (χ0v) is 14.7. The van der Waals surface area contributed by atoms with E-state index in [0.29, 0.717) is 17.7 Å². The minimum absolute atomic E-state index is 0.115. The molecule has 0 unspecified atom stereocenters. The first kappa shape index (κ1) is 19.2. The van der Waals surface area contributed by atoms with Crippen LogP contribution in [0.5, 0.6) is 0 Å². The Morgan fingerprint density at radius 2 is 1.54 bits per heavy atom. The number of carbonyl (C=O) groups is 3. The average Bonchev–Trinajstić information content (AvgIpc) is 2.61. The third kappa shape index (κ3) is 5.17. The number of para-hydroxylation sites is 1. The number of hydrogen-bond donors (Lipinski definition) is 3. The van der Waals surface area contributed by atoms with E-state index in [4.69, 9.17) is 0 Å². The Balaban J connectivity index is 2.18. The van der Waals surface area contributed by atoms with E-state index in [1.54, 1.807) is 54.6 Å². The highest BCUT2D eigenvalue weighted by Gasteiger charge is 2.23. The van der Waals surface area contributed by atoms with Gasteiger partial charge in [0, 0.05) is 5.56 Å². The second-order valence-electron chi connectivity index (χ2n) is 6.36. The van der Waals surface area contributed by atoms with Gasteiger partial charge in [-0.05, 0) is 36.6 Å². The Kier molecular flexibility index (Phi) is 6.49. The summed E-state index contributed by atoms with van der Waals surface area (Å²) in [5, 5.41) is 14.5. The van der Waals surface area contributed by atoms with Crippen LogP contribution in [0.25, 0.3) is 0 Å². The lowest BCUT2D eigenvalue weighted by atomic mass is 10.0. The molecular formula is C20H22N2O4. The van der Waals surface area contributed by atoms with Crippen LogP contribution < -0.4 is 10.6 Å². The summed E-state index contributed by atoms with van der Waals surface area (Å²) in [6, 6.07) is 14.2. The lowest BCUT2D eigenvalue weighted by Gasteiger charge is -2.18. The molecule has 0 heterocycles. The Hall–Kier alpha value is -3.15. The van der Waals surface area contributed by atoms with E-state index in [0.717, 1.165) is 0 Å². The van der Waals surface area contributed by atoms with Gasteiger partial charge in [0.25, 0.3) is 11.8 Å². The molecule has 1 atom stereocenters. The first-order chi connectivity index (χ1) is 12.4. The summed E-state index contributed by atoms with van der Waals surface area (Å²) in [4.78, 5) is 36.2. The minimum atomic E-state index is -1.09. The third-order valence-corrected chi connectivity index (χ3v) is 3.77. The van der Waals surface area contributed by atoms with Crippen molar-refractivity contribution < 1.29 is 19.5 Å². The number of amides is 2. The van der Waals surface area contributed by atoms with Crippen LogP contribution in [-0.2, 0) is 4.79 Å². The van der Waals surface area contributed by atoms with E-state index in [-0.39, 0.29) is 17.4 Å². The van der Waals surface area contributed by atoms with Gasteiger partial charge in [0.1, 0.15) is 6.04 Å². The summed E-state index contributed by atoms with van der Waals surface area (Å²) in [6.45, 7) is 3.77. The standard InChI is InChI=1S/C20H22N2O4/c1-13(2)12-17(20(25)26)22-19(24)15-10-6-7-11-16(15)21-18(23)14-8-4-3-5-9-14/h3-11,13,17H,12H2,1-2H3,(H,21,23)(H,22,24)(H,25,26)/t17-/m0/s1. The number of benzene rings is 2. The second kappa shape index (κ2) is 8.80. The molecule has 0 bridgehead atoms. The van der Waals surface area contributed by atoms with E-state index in [9.17, 15) is 19.5 Å². The van der Waals surface area contributed by atoms with Crippen molar-refractivity contribution in [2.24, 2.45) is 5.92 Å². The topological polar surface area (TPSA) is 95.5 Å². The zero-order chi connectivity index (χ0) is 19.1. The fourth-order valence-corrected chi connectivity index (χ4v) is 2.50. The van der Waals surface area contributed by atoms with Gasteiger partial charge >= 0.3 is 5.97 Å². The number of carboxylic acid groups (broad SMARTS) is 1. The van der Waals surface area contributed by atoms with Crippen molar-refractivity contribution in [1.82, 2.24) is 5.32 Å². The van der Waals surface area contributed by atoms with Crippen LogP contribution in [-0.4, -0.2) is 28.9 Å². The normalized spacial score (nSPS) is 11.7. The first-order valence-corrected chi connectivity index (χ1v) is 8.37. The van der Waals surface area contributed by atoms with E-state index in [1.165, 1.54) is 0 Å². The highest BCUT2D eigenvalue weighted by Crippen LogP contribution is 2.17. The second-order valence-corrected chi connectivity index (χ2v) is 6.36. The molecule has 3 N–H and O–H groups in total. The summed E-state index contributed by atoms with van der Waals surface area (Å²) in [6.07, 6.45) is 0.319. The molecule has 0 spiro atoms.